The van der Waals surface area contributed by atoms with E-state index in [-0.39, 0.29) is 0 Å². The maximum Gasteiger partial charge on any atom is 0.205 e. The van der Waals surface area contributed by atoms with Crippen molar-refractivity contribution in [1.82, 2.24) is 0 Å². The molecule has 4 heteroatoms. The third-order valence-electron chi connectivity index (χ3n) is 2.67. The van der Waals surface area contributed by atoms with Gasteiger partial charge in [-0.05, 0) is 38.5 Å². The molecule has 1 heterocycles. The van der Waals surface area contributed by atoms with E-state index >= 15 is 0 Å². The Bertz CT molecular complexity index is 578. The van der Waals surface area contributed by atoms with Gasteiger partial charge in [0.15, 0.2) is 0 Å². The van der Waals surface area contributed by atoms with E-state index in [4.69, 9.17) is 5.73 Å². The highest BCUT2D eigenvalue weighted by Crippen LogP contribution is 2.37. The van der Waals surface area contributed by atoms with Gasteiger partial charge in [0.1, 0.15) is 0 Å². The number of hydrogen-bond acceptors (Lipinski definition) is 3. The molecule has 0 fully saturated rings. The van der Waals surface area contributed by atoms with E-state index < -0.39 is 15.4 Å². The first kappa shape index (κ1) is 11.4. The Labute approximate surface area is 95.9 Å². The summed E-state index contributed by atoms with van der Waals surface area (Å²) in [7, 11) is -3.38. The Morgan fingerprint density at radius 2 is 1.88 bits per heavy atom. The third-order valence-corrected chi connectivity index (χ3v) is 4.84. The lowest BCUT2D eigenvalue weighted by molar-refractivity contribution is 0.582. The van der Waals surface area contributed by atoms with Gasteiger partial charge < -0.3 is 5.73 Å². The summed E-state index contributed by atoms with van der Waals surface area (Å²) >= 11 is 0. The highest BCUT2D eigenvalue weighted by molar-refractivity contribution is 7.96. The molecule has 0 saturated heterocycles. The van der Waals surface area contributed by atoms with Crippen LogP contribution in [0.25, 0.3) is 6.08 Å². The maximum atomic E-state index is 12.2. The highest BCUT2D eigenvalue weighted by Gasteiger charge is 2.36. The standard InChI is InChI=1S/C12H15NO2S/c1-8-4-5-10-9(6-8)7-11(12(2,3)13)16(10,14)15/h4-7H,13H2,1-3H3. The largest absolute Gasteiger partial charge is 0.321 e. The van der Waals surface area contributed by atoms with Crippen LogP contribution in [0.15, 0.2) is 28.0 Å². The number of fused-ring (bicyclic) bond motifs is 1. The van der Waals surface area contributed by atoms with Gasteiger partial charge in [0.25, 0.3) is 0 Å². The van der Waals surface area contributed by atoms with Crippen LogP contribution in [-0.4, -0.2) is 14.0 Å². The lowest BCUT2D eigenvalue weighted by atomic mass is 10.0. The molecule has 0 spiro atoms. The van der Waals surface area contributed by atoms with Crippen molar-refractivity contribution in [1.29, 1.82) is 0 Å². The molecule has 0 unspecified atom stereocenters. The highest BCUT2D eigenvalue weighted by atomic mass is 32.2. The molecule has 0 aliphatic carbocycles. The smallest absolute Gasteiger partial charge is 0.205 e. The van der Waals surface area contributed by atoms with Crippen LogP contribution in [-0.2, 0) is 9.84 Å². The minimum Gasteiger partial charge on any atom is -0.321 e. The zero-order chi connectivity index (χ0) is 12.1. The lowest BCUT2D eigenvalue weighted by Crippen LogP contribution is -2.36. The molecule has 0 atom stereocenters. The predicted molar refractivity (Wildman–Crippen MR) is 64.6 cm³/mol. The minimum atomic E-state index is -3.38. The van der Waals surface area contributed by atoms with Crippen molar-refractivity contribution in [3.63, 3.8) is 0 Å². The van der Waals surface area contributed by atoms with Gasteiger partial charge in [-0.2, -0.15) is 0 Å². The Morgan fingerprint density at radius 3 is 2.44 bits per heavy atom. The van der Waals surface area contributed by atoms with Gasteiger partial charge in [-0.25, -0.2) is 8.42 Å². The molecule has 1 aromatic carbocycles. The van der Waals surface area contributed by atoms with E-state index in [2.05, 4.69) is 0 Å². The van der Waals surface area contributed by atoms with Crippen molar-refractivity contribution >= 4 is 15.9 Å². The molecule has 1 aliphatic rings. The molecule has 0 amide bonds. The molecular weight excluding hydrogens is 222 g/mol. The zero-order valence-electron chi connectivity index (χ0n) is 9.61. The summed E-state index contributed by atoms with van der Waals surface area (Å²) in [6, 6.07) is 5.32. The van der Waals surface area contributed by atoms with Crippen molar-refractivity contribution < 1.29 is 8.42 Å². The van der Waals surface area contributed by atoms with Gasteiger partial charge in [-0.3, -0.25) is 0 Å². The van der Waals surface area contributed by atoms with Crippen molar-refractivity contribution in [2.24, 2.45) is 5.73 Å². The summed E-state index contributed by atoms with van der Waals surface area (Å²) in [5.74, 6) is 0. The first-order valence-corrected chi connectivity index (χ1v) is 6.58. The zero-order valence-corrected chi connectivity index (χ0v) is 10.4. The fourth-order valence-electron chi connectivity index (χ4n) is 1.89. The number of rotatable bonds is 1. The summed E-state index contributed by atoms with van der Waals surface area (Å²) < 4.78 is 24.4. The van der Waals surface area contributed by atoms with Gasteiger partial charge in [0.2, 0.25) is 9.84 Å². The van der Waals surface area contributed by atoms with Gasteiger partial charge in [-0.15, -0.1) is 0 Å². The second kappa shape index (κ2) is 3.18. The summed E-state index contributed by atoms with van der Waals surface area (Å²) in [4.78, 5) is 0.659. The minimum absolute atomic E-state index is 0.292. The molecule has 0 radical (unpaired) electrons. The fourth-order valence-corrected chi connectivity index (χ4v) is 3.78. The number of nitrogens with two attached hydrogens (primary N) is 1. The van der Waals surface area contributed by atoms with E-state index in [1.54, 1.807) is 32.1 Å². The first-order chi connectivity index (χ1) is 7.23. The van der Waals surface area contributed by atoms with Crippen LogP contribution in [0, 0.1) is 6.92 Å². The second-order valence-corrected chi connectivity index (χ2v) is 6.66. The normalized spacial score (nSPS) is 18.1. The molecule has 3 nitrogen and oxygen atoms in total. The maximum absolute atomic E-state index is 12.2. The van der Waals surface area contributed by atoms with Gasteiger partial charge in [0.05, 0.1) is 9.80 Å². The average molecular weight is 237 g/mol. The van der Waals surface area contributed by atoms with Crippen LogP contribution in [0.5, 0.6) is 0 Å². The monoisotopic (exact) mass is 237 g/mol. The first-order valence-electron chi connectivity index (χ1n) is 5.10. The molecule has 0 saturated carbocycles. The predicted octanol–water partition coefficient (Wildman–Crippen LogP) is 1.86. The molecule has 0 aromatic heterocycles. The molecule has 86 valence electrons. The molecule has 2 N–H and O–H groups in total. The van der Waals surface area contributed by atoms with E-state index in [0.717, 1.165) is 11.1 Å². The molecule has 1 aromatic rings. The van der Waals surface area contributed by atoms with Gasteiger partial charge in [-0.1, -0.05) is 17.7 Å². The molecule has 1 aliphatic heterocycles. The van der Waals surface area contributed by atoms with E-state index in [0.29, 0.717) is 9.80 Å². The molecule has 2 rings (SSSR count). The van der Waals surface area contributed by atoms with E-state index in [1.807, 2.05) is 13.0 Å². The van der Waals surface area contributed by atoms with E-state index in [9.17, 15) is 8.42 Å². The van der Waals surface area contributed by atoms with Crippen LogP contribution < -0.4 is 5.73 Å². The Morgan fingerprint density at radius 1 is 1.25 bits per heavy atom. The van der Waals surface area contributed by atoms with Crippen LogP contribution in [0.3, 0.4) is 0 Å². The number of benzene rings is 1. The second-order valence-electron chi connectivity index (χ2n) is 4.77. The SMILES string of the molecule is Cc1ccc2c(c1)C=C(C(C)(C)N)S2(=O)=O. The van der Waals surface area contributed by atoms with Crippen LogP contribution >= 0.6 is 0 Å². The number of aryl methyl sites for hydroxylation is 1. The van der Waals surface area contributed by atoms with Crippen molar-refractivity contribution in [2.75, 3.05) is 0 Å². The Kier molecular flexibility index (Phi) is 2.26. The van der Waals surface area contributed by atoms with Crippen LogP contribution in [0.1, 0.15) is 25.0 Å². The summed E-state index contributed by atoms with van der Waals surface area (Å²) in [5.41, 5.74) is 6.83. The fraction of sp³-hybridized carbons (Fsp3) is 0.333. The number of hydrogen-bond donors (Lipinski definition) is 1. The molecular formula is C12H15NO2S. The van der Waals surface area contributed by atoms with Gasteiger partial charge >= 0.3 is 0 Å². The Balaban J connectivity index is 2.71. The summed E-state index contributed by atoms with van der Waals surface area (Å²) in [5, 5.41) is 0. The topological polar surface area (TPSA) is 60.2 Å². The Hall–Kier alpha value is -1.13. The van der Waals surface area contributed by atoms with Crippen LogP contribution in [0.4, 0.5) is 0 Å². The van der Waals surface area contributed by atoms with Crippen molar-refractivity contribution in [2.45, 2.75) is 31.2 Å². The summed E-state index contributed by atoms with van der Waals surface area (Å²) in [6.07, 6.45) is 1.68. The third kappa shape index (κ3) is 1.58. The molecule has 0 bridgehead atoms. The average Bonchev–Trinajstić information content (AvgIpc) is 2.36. The van der Waals surface area contributed by atoms with Crippen molar-refractivity contribution in [3.8, 4) is 0 Å². The van der Waals surface area contributed by atoms with Gasteiger partial charge in [0, 0.05) is 5.54 Å². The molecule has 16 heavy (non-hydrogen) atoms. The van der Waals surface area contributed by atoms with E-state index in [1.165, 1.54) is 0 Å². The lowest BCUT2D eigenvalue weighted by Gasteiger charge is -2.19. The quantitative estimate of drug-likeness (QED) is 0.811. The van der Waals surface area contributed by atoms with Crippen molar-refractivity contribution in [3.05, 3.63) is 34.2 Å². The summed E-state index contributed by atoms with van der Waals surface area (Å²) in [6.45, 7) is 5.34. The van der Waals surface area contributed by atoms with Crippen LogP contribution in [0.2, 0.25) is 0 Å². The number of sulfone groups is 1.